The van der Waals surface area contributed by atoms with Gasteiger partial charge >= 0.3 is 11.8 Å². The highest BCUT2D eigenvalue weighted by atomic mass is 16.2. The molecule has 10 heteroatoms. The molecule has 0 aliphatic heterocycles. The quantitative estimate of drug-likeness (QED) is 0.629. The van der Waals surface area contributed by atoms with E-state index in [-0.39, 0.29) is 18.5 Å². The molecule has 0 atom stereocenters. The van der Waals surface area contributed by atoms with Gasteiger partial charge in [-0.2, -0.15) is 4.68 Å². The third-order valence-electron chi connectivity index (χ3n) is 3.04. The Kier molecular flexibility index (Phi) is 5.77. The van der Waals surface area contributed by atoms with Crippen LogP contribution < -0.4 is 16.0 Å². The van der Waals surface area contributed by atoms with E-state index in [1.807, 2.05) is 0 Å². The average molecular weight is 345 g/mol. The zero-order chi connectivity index (χ0) is 18.4. The van der Waals surface area contributed by atoms with Crippen molar-refractivity contribution in [2.45, 2.75) is 26.8 Å². The maximum absolute atomic E-state index is 11.9. The molecule has 0 spiro atoms. The third kappa shape index (κ3) is 5.09. The van der Waals surface area contributed by atoms with E-state index in [4.69, 9.17) is 0 Å². The topological polar surface area (TPSA) is 131 Å². The smallest absolute Gasteiger partial charge is 0.313 e. The van der Waals surface area contributed by atoms with Crippen molar-refractivity contribution < 1.29 is 14.4 Å². The Bertz CT molecular complexity index is 785. The van der Waals surface area contributed by atoms with E-state index in [0.717, 1.165) is 0 Å². The SMILES string of the molecule is Cc1nnnn1-c1cccc(NC(=O)C(=O)NCC(=O)NC(C)C)c1. The van der Waals surface area contributed by atoms with E-state index >= 15 is 0 Å². The van der Waals surface area contributed by atoms with Crippen molar-refractivity contribution in [1.29, 1.82) is 0 Å². The molecule has 0 radical (unpaired) electrons. The molecule has 1 aromatic carbocycles. The summed E-state index contributed by atoms with van der Waals surface area (Å²) in [5.41, 5.74) is 1.04. The molecule has 0 aliphatic rings. The monoisotopic (exact) mass is 345 g/mol. The Balaban J connectivity index is 1.95. The van der Waals surface area contributed by atoms with Crippen molar-refractivity contribution in [3.8, 4) is 5.69 Å². The van der Waals surface area contributed by atoms with E-state index in [9.17, 15) is 14.4 Å². The summed E-state index contributed by atoms with van der Waals surface area (Å²) in [6.07, 6.45) is 0. The molecule has 132 valence electrons. The summed E-state index contributed by atoms with van der Waals surface area (Å²) in [5, 5.41) is 18.5. The standard InChI is InChI=1S/C15H19N7O3/c1-9(2)17-13(23)8-16-14(24)15(25)18-11-5-4-6-12(7-11)22-10(3)19-20-21-22/h4-7,9H,8H2,1-3H3,(H,16,24)(H,17,23)(H,18,25). The number of hydrogen-bond acceptors (Lipinski definition) is 6. The van der Waals surface area contributed by atoms with Gasteiger partial charge in [0.05, 0.1) is 12.2 Å². The summed E-state index contributed by atoms with van der Waals surface area (Å²) in [6.45, 7) is 5.06. The number of benzene rings is 1. The van der Waals surface area contributed by atoms with Gasteiger partial charge < -0.3 is 16.0 Å². The molecule has 0 bridgehead atoms. The Hall–Kier alpha value is -3.30. The summed E-state index contributed by atoms with van der Waals surface area (Å²) in [5.74, 6) is -1.56. The average Bonchev–Trinajstić information content (AvgIpc) is 2.98. The lowest BCUT2D eigenvalue weighted by molar-refractivity contribution is -0.136. The largest absolute Gasteiger partial charge is 0.352 e. The predicted octanol–water partition coefficient (Wildman–Crippen LogP) is -0.450. The highest BCUT2D eigenvalue weighted by molar-refractivity contribution is 6.39. The molecular weight excluding hydrogens is 326 g/mol. The maximum Gasteiger partial charge on any atom is 0.313 e. The zero-order valence-electron chi connectivity index (χ0n) is 14.1. The van der Waals surface area contributed by atoms with E-state index in [2.05, 4.69) is 31.5 Å². The van der Waals surface area contributed by atoms with Crippen LogP contribution in [0, 0.1) is 6.92 Å². The first kappa shape index (κ1) is 18.0. The Morgan fingerprint density at radius 2 is 1.96 bits per heavy atom. The summed E-state index contributed by atoms with van der Waals surface area (Å²) in [6, 6.07) is 6.66. The van der Waals surface area contributed by atoms with Gasteiger partial charge in [0, 0.05) is 11.7 Å². The van der Waals surface area contributed by atoms with Gasteiger partial charge in [-0.1, -0.05) is 6.07 Å². The molecule has 3 N–H and O–H groups in total. The van der Waals surface area contributed by atoms with Crippen LogP contribution in [0.15, 0.2) is 24.3 Å². The van der Waals surface area contributed by atoms with Crippen LogP contribution in [-0.2, 0) is 14.4 Å². The maximum atomic E-state index is 11.9. The van der Waals surface area contributed by atoms with Gasteiger partial charge in [-0.15, -0.1) is 5.10 Å². The first-order chi connectivity index (χ1) is 11.9. The fourth-order valence-corrected chi connectivity index (χ4v) is 1.99. The van der Waals surface area contributed by atoms with E-state index in [1.165, 1.54) is 4.68 Å². The van der Waals surface area contributed by atoms with Crippen LogP contribution in [-0.4, -0.2) is 50.5 Å². The number of aryl methyl sites for hydroxylation is 1. The molecule has 2 aromatic rings. The van der Waals surface area contributed by atoms with E-state index < -0.39 is 11.8 Å². The molecule has 0 saturated heterocycles. The lowest BCUT2D eigenvalue weighted by atomic mass is 10.2. The van der Waals surface area contributed by atoms with Gasteiger partial charge in [-0.05, 0) is 49.4 Å². The highest BCUT2D eigenvalue weighted by Crippen LogP contribution is 2.14. The molecule has 1 aromatic heterocycles. The summed E-state index contributed by atoms with van der Waals surface area (Å²) in [4.78, 5) is 35.1. The number of tetrazole rings is 1. The van der Waals surface area contributed by atoms with Crippen LogP contribution in [0.3, 0.4) is 0 Å². The first-order valence-corrected chi connectivity index (χ1v) is 7.61. The molecule has 2 rings (SSSR count). The van der Waals surface area contributed by atoms with E-state index in [0.29, 0.717) is 17.2 Å². The second-order valence-corrected chi connectivity index (χ2v) is 5.55. The van der Waals surface area contributed by atoms with Crippen LogP contribution in [0.25, 0.3) is 5.69 Å². The number of hydrogen-bond donors (Lipinski definition) is 3. The number of aromatic nitrogens is 4. The minimum atomic E-state index is -0.900. The van der Waals surface area contributed by atoms with Crippen LogP contribution in [0.2, 0.25) is 0 Å². The number of nitrogens with one attached hydrogen (secondary N) is 3. The van der Waals surface area contributed by atoms with Crippen LogP contribution in [0.4, 0.5) is 5.69 Å². The Morgan fingerprint density at radius 3 is 2.60 bits per heavy atom. The highest BCUT2D eigenvalue weighted by Gasteiger charge is 2.15. The van der Waals surface area contributed by atoms with Crippen molar-refractivity contribution in [3.63, 3.8) is 0 Å². The van der Waals surface area contributed by atoms with E-state index in [1.54, 1.807) is 45.0 Å². The Labute approximate surface area is 144 Å². The lowest BCUT2D eigenvalue weighted by Crippen LogP contribution is -2.43. The van der Waals surface area contributed by atoms with Crippen molar-refractivity contribution in [3.05, 3.63) is 30.1 Å². The third-order valence-corrected chi connectivity index (χ3v) is 3.04. The number of carbonyl (C=O) groups excluding carboxylic acids is 3. The minimum absolute atomic E-state index is 0.0456. The molecule has 10 nitrogen and oxygen atoms in total. The minimum Gasteiger partial charge on any atom is -0.352 e. The Morgan fingerprint density at radius 1 is 1.20 bits per heavy atom. The normalized spacial score (nSPS) is 10.4. The van der Waals surface area contributed by atoms with Gasteiger partial charge in [0.2, 0.25) is 5.91 Å². The molecule has 0 unspecified atom stereocenters. The molecule has 0 fully saturated rings. The van der Waals surface area contributed by atoms with Gasteiger partial charge in [0.15, 0.2) is 5.82 Å². The second-order valence-electron chi connectivity index (χ2n) is 5.55. The van der Waals surface area contributed by atoms with Gasteiger partial charge in [-0.25, -0.2) is 0 Å². The van der Waals surface area contributed by atoms with Gasteiger partial charge in [0.25, 0.3) is 0 Å². The van der Waals surface area contributed by atoms with Gasteiger partial charge in [-0.3, -0.25) is 14.4 Å². The van der Waals surface area contributed by atoms with Crippen molar-refractivity contribution in [2.24, 2.45) is 0 Å². The number of amides is 3. The van der Waals surface area contributed by atoms with Crippen LogP contribution >= 0.6 is 0 Å². The molecule has 0 aliphatic carbocycles. The van der Waals surface area contributed by atoms with Crippen molar-refractivity contribution >= 4 is 23.4 Å². The van der Waals surface area contributed by atoms with Crippen LogP contribution in [0.5, 0.6) is 0 Å². The van der Waals surface area contributed by atoms with Gasteiger partial charge in [0.1, 0.15) is 0 Å². The predicted molar refractivity (Wildman–Crippen MR) is 88.8 cm³/mol. The fraction of sp³-hybridized carbons (Fsp3) is 0.333. The molecule has 3 amide bonds. The molecular formula is C15H19N7O3. The molecule has 25 heavy (non-hydrogen) atoms. The summed E-state index contributed by atoms with van der Waals surface area (Å²) in [7, 11) is 0. The number of nitrogens with zero attached hydrogens (tertiary/aromatic N) is 4. The molecule has 1 heterocycles. The first-order valence-electron chi connectivity index (χ1n) is 7.61. The molecule has 0 saturated carbocycles. The summed E-state index contributed by atoms with van der Waals surface area (Å²) < 4.78 is 1.49. The van der Waals surface area contributed by atoms with Crippen molar-refractivity contribution in [1.82, 2.24) is 30.8 Å². The fourth-order valence-electron chi connectivity index (χ4n) is 1.99. The van der Waals surface area contributed by atoms with Crippen molar-refractivity contribution in [2.75, 3.05) is 11.9 Å². The number of rotatable bonds is 5. The van der Waals surface area contributed by atoms with Crippen LogP contribution in [0.1, 0.15) is 19.7 Å². The zero-order valence-corrected chi connectivity index (χ0v) is 14.1. The number of carbonyl (C=O) groups is 3. The lowest BCUT2D eigenvalue weighted by Gasteiger charge is -2.10. The second kappa shape index (κ2) is 7.99. The number of anilines is 1. The summed E-state index contributed by atoms with van der Waals surface area (Å²) >= 11 is 0.